The second-order valence-electron chi connectivity index (χ2n) is 1.95. The van der Waals surface area contributed by atoms with Crippen molar-refractivity contribution >= 4 is 31.7 Å². The predicted octanol–water partition coefficient (Wildman–Crippen LogP) is 0.519. The van der Waals surface area contributed by atoms with Crippen molar-refractivity contribution in [1.82, 2.24) is 4.31 Å². The van der Waals surface area contributed by atoms with Gasteiger partial charge in [0.05, 0.1) is 0 Å². The summed E-state index contributed by atoms with van der Waals surface area (Å²) < 4.78 is 22.6. The minimum atomic E-state index is -3.43. The summed E-state index contributed by atoms with van der Waals surface area (Å²) in [5.41, 5.74) is 0. The van der Waals surface area contributed by atoms with Gasteiger partial charge < -0.3 is 0 Å². The van der Waals surface area contributed by atoms with Gasteiger partial charge in [-0.1, -0.05) is 0 Å². The first-order chi connectivity index (χ1) is 4.61. The highest BCUT2D eigenvalue weighted by Crippen LogP contribution is 2.14. The van der Waals surface area contributed by atoms with Crippen LogP contribution in [0, 0.1) is 0 Å². The van der Waals surface area contributed by atoms with Crippen LogP contribution < -0.4 is 0 Å². The van der Waals surface area contributed by atoms with E-state index in [1.807, 2.05) is 0 Å². The largest absolute Gasteiger partial charge is 0.299 e. The second-order valence-corrected chi connectivity index (χ2v) is 5.69. The van der Waals surface area contributed by atoms with Crippen molar-refractivity contribution in [3.8, 4) is 0 Å². The van der Waals surface area contributed by atoms with E-state index in [1.54, 1.807) is 11.8 Å². The van der Waals surface area contributed by atoms with Crippen molar-refractivity contribution in [3.05, 3.63) is 0 Å². The zero-order valence-electron chi connectivity index (χ0n) is 5.29. The van der Waals surface area contributed by atoms with Gasteiger partial charge in [0.25, 0.3) is 9.24 Å². The maximum absolute atomic E-state index is 10.7. The van der Waals surface area contributed by atoms with Crippen LogP contribution in [-0.4, -0.2) is 37.3 Å². The molecule has 0 saturated carbocycles. The molecule has 1 saturated heterocycles. The van der Waals surface area contributed by atoms with Gasteiger partial charge in [-0.2, -0.15) is 24.5 Å². The van der Waals surface area contributed by atoms with E-state index in [9.17, 15) is 8.42 Å². The Hall–Kier alpha value is 0.550. The molecule has 0 aromatic carbocycles. The summed E-state index contributed by atoms with van der Waals surface area (Å²) in [7, 11) is 1.67. The molecule has 0 N–H and O–H groups in total. The second kappa shape index (κ2) is 3.30. The number of thioether (sulfide) groups is 1. The van der Waals surface area contributed by atoms with E-state index in [0.29, 0.717) is 13.1 Å². The molecular weight excluding hydrogens is 194 g/mol. The average Bonchev–Trinajstić information content (AvgIpc) is 1.88. The van der Waals surface area contributed by atoms with Crippen LogP contribution in [0.4, 0.5) is 0 Å². The van der Waals surface area contributed by atoms with Crippen LogP contribution in [-0.2, 0) is 9.24 Å². The molecule has 0 amide bonds. The van der Waals surface area contributed by atoms with Gasteiger partial charge in [-0.25, -0.2) is 0 Å². The summed E-state index contributed by atoms with van der Waals surface area (Å²) in [4.78, 5) is 0. The Morgan fingerprint density at radius 1 is 1.30 bits per heavy atom. The Kier molecular flexibility index (Phi) is 2.85. The average molecular weight is 202 g/mol. The summed E-state index contributed by atoms with van der Waals surface area (Å²) in [5.74, 6) is 1.71. The normalized spacial score (nSPS) is 22.9. The first-order valence-electron chi connectivity index (χ1n) is 2.88. The van der Waals surface area contributed by atoms with E-state index in [4.69, 9.17) is 10.7 Å². The first-order valence-corrected chi connectivity index (χ1v) is 6.30. The highest BCUT2D eigenvalue weighted by atomic mass is 35.7. The lowest BCUT2D eigenvalue weighted by molar-refractivity contribution is 0.456. The fourth-order valence-electron chi connectivity index (χ4n) is 0.765. The number of nitrogens with zero attached hydrogens (tertiary/aromatic N) is 1. The fraction of sp³-hybridized carbons (Fsp3) is 1.00. The molecule has 0 atom stereocenters. The third-order valence-corrected chi connectivity index (χ3v) is 3.79. The lowest BCUT2D eigenvalue weighted by Gasteiger charge is -2.21. The zero-order chi connectivity index (χ0) is 7.61. The van der Waals surface area contributed by atoms with Crippen LogP contribution in [0.3, 0.4) is 0 Å². The number of hydrogen-bond donors (Lipinski definition) is 0. The highest BCUT2D eigenvalue weighted by molar-refractivity contribution is 8.12. The molecule has 0 unspecified atom stereocenters. The van der Waals surface area contributed by atoms with Gasteiger partial charge in [0, 0.05) is 35.3 Å². The Bertz CT molecular complexity index is 197. The Labute approximate surface area is 69.3 Å². The maximum atomic E-state index is 10.7. The van der Waals surface area contributed by atoms with Crippen LogP contribution in [0.1, 0.15) is 0 Å². The van der Waals surface area contributed by atoms with Crippen molar-refractivity contribution in [2.45, 2.75) is 0 Å². The lowest BCUT2D eigenvalue weighted by atomic mass is 10.6. The molecule has 1 heterocycles. The van der Waals surface area contributed by atoms with Crippen molar-refractivity contribution in [2.75, 3.05) is 24.6 Å². The summed E-state index contributed by atoms with van der Waals surface area (Å²) in [6.45, 7) is 1.10. The molecule has 3 nitrogen and oxygen atoms in total. The molecule has 0 aromatic rings. The van der Waals surface area contributed by atoms with Crippen LogP contribution >= 0.6 is 22.4 Å². The van der Waals surface area contributed by atoms with E-state index < -0.39 is 9.24 Å². The van der Waals surface area contributed by atoms with E-state index in [1.165, 1.54) is 4.31 Å². The van der Waals surface area contributed by atoms with Crippen LogP contribution in [0.2, 0.25) is 0 Å². The van der Waals surface area contributed by atoms with Gasteiger partial charge in [0.15, 0.2) is 0 Å². The van der Waals surface area contributed by atoms with E-state index >= 15 is 0 Å². The molecular formula is C4H8ClNO2S2. The van der Waals surface area contributed by atoms with Gasteiger partial charge in [-0.3, -0.25) is 0 Å². The maximum Gasteiger partial charge on any atom is 0.299 e. The molecule has 0 spiro atoms. The quantitative estimate of drug-likeness (QED) is 0.581. The summed E-state index contributed by atoms with van der Waals surface area (Å²) in [6.07, 6.45) is 0. The Balaban J connectivity index is 2.56. The van der Waals surface area contributed by atoms with Gasteiger partial charge in [0.2, 0.25) is 0 Å². The Morgan fingerprint density at radius 2 is 1.80 bits per heavy atom. The molecule has 10 heavy (non-hydrogen) atoms. The fourth-order valence-corrected chi connectivity index (χ4v) is 2.93. The third-order valence-electron chi connectivity index (χ3n) is 1.28. The number of rotatable bonds is 1. The minimum absolute atomic E-state index is 0.552. The van der Waals surface area contributed by atoms with Crippen LogP contribution in [0.5, 0.6) is 0 Å². The van der Waals surface area contributed by atoms with Crippen LogP contribution in [0.15, 0.2) is 0 Å². The molecule has 1 aliphatic heterocycles. The standard InChI is InChI=1S/C4H8ClNO2S2/c5-10(7,8)6-1-3-9-4-2-6/h1-4H2. The molecule has 6 heteroatoms. The van der Waals surface area contributed by atoms with Gasteiger partial charge in [-0.15, -0.1) is 0 Å². The molecule has 60 valence electrons. The number of hydrogen-bond acceptors (Lipinski definition) is 3. The smallest absolute Gasteiger partial charge is 0.195 e. The van der Waals surface area contributed by atoms with E-state index in [0.717, 1.165) is 11.5 Å². The first kappa shape index (κ1) is 8.64. The lowest BCUT2D eigenvalue weighted by Crippen LogP contribution is -2.34. The molecule has 0 radical (unpaired) electrons. The van der Waals surface area contributed by atoms with Gasteiger partial charge in [-0.05, 0) is 0 Å². The van der Waals surface area contributed by atoms with Crippen molar-refractivity contribution < 1.29 is 8.42 Å². The summed E-state index contributed by atoms with van der Waals surface area (Å²) in [6, 6.07) is 0. The molecule has 0 aromatic heterocycles. The topological polar surface area (TPSA) is 37.4 Å². The van der Waals surface area contributed by atoms with Crippen molar-refractivity contribution in [1.29, 1.82) is 0 Å². The summed E-state index contributed by atoms with van der Waals surface area (Å²) >= 11 is 1.75. The molecule has 0 aliphatic carbocycles. The Morgan fingerprint density at radius 3 is 2.10 bits per heavy atom. The monoisotopic (exact) mass is 201 g/mol. The van der Waals surface area contributed by atoms with E-state index in [2.05, 4.69) is 0 Å². The minimum Gasteiger partial charge on any atom is -0.195 e. The number of halogens is 1. The van der Waals surface area contributed by atoms with Gasteiger partial charge in [0.1, 0.15) is 0 Å². The van der Waals surface area contributed by atoms with E-state index in [-0.39, 0.29) is 0 Å². The SMILES string of the molecule is O=S(=O)(Cl)N1CCSCC1. The summed E-state index contributed by atoms with van der Waals surface area (Å²) in [5, 5.41) is 0. The molecule has 0 bridgehead atoms. The zero-order valence-corrected chi connectivity index (χ0v) is 7.68. The predicted molar refractivity (Wildman–Crippen MR) is 43.7 cm³/mol. The van der Waals surface area contributed by atoms with Crippen LogP contribution in [0.25, 0.3) is 0 Å². The molecule has 1 fully saturated rings. The van der Waals surface area contributed by atoms with Gasteiger partial charge >= 0.3 is 0 Å². The van der Waals surface area contributed by atoms with Crippen molar-refractivity contribution in [3.63, 3.8) is 0 Å². The third kappa shape index (κ3) is 2.30. The highest BCUT2D eigenvalue weighted by Gasteiger charge is 2.20. The molecule has 1 rings (SSSR count). The molecule has 1 aliphatic rings. The van der Waals surface area contributed by atoms with Crippen molar-refractivity contribution in [2.24, 2.45) is 0 Å².